The van der Waals surface area contributed by atoms with Crippen LogP contribution in [0.15, 0.2) is 0 Å². The Morgan fingerprint density at radius 3 is 1.25 bits per heavy atom. The molecule has 0 rings (SSSR count). The molecule has 0 nitrogen and oxygen atoms in total. The van der Waals surface area contributed by atoms with E-state index in [0.717, 1.165) is 0 Å². The lowest BCUT2D eigenvalue weighted by atomic mass is 11.9. The van der Waals surface area contributed by atoms with Crippen molar-refractivity contribution in [2.45, 2.75) is 0 Å². The fourth-order valence-electron chi connectivity index (χ4n) is 0. The zero-order chi connectivity index (χ0) is 2.71. The lowest BCUT2D eigenvalue weighted by Gasteiger charge is -1.42. The third-order valence-electron chi connectivity index (χ3n) is 0. The Bertz CT molecular complexity index is 6.00. The number of halogens is 2. The molecule has 3 heteroatoms. The third-order valence-corrected chi connectivity index (χ3v) is 0. The minimum Gasteiger partial charge on any atom is -0.109 e. The van der Waals surface area contributed by atoms with Gasteiger partial charge in [0.05, 0.1) is 5.34 Å². The zero-order valence-corrected chi connectivity index (χ0v) is 2.97. The molecular weight excluding hydrogens is 107 g/mol. The van der Waals surface area contributed by atoms with Crippen molar-refractivity contribution < 1.29 is 0 Å². The third kappa shape index (κ3) is 10.2. The molecule has 0 spiro atoms. The van der Waals surface area contributed by atoms with Gasteiger partial charge in [-0.15, -0.1) is 23.2 Å². The first-order valence-electron chi connectivity index (χ1n) is 0.535. The molecule has 0 aromatic rings. The van der Waals surface area contributed by atoms with E-state index in [4.69, 9.17) is 23.2 Å². The van der Waals surface area contributed by atoms with Crippen molar-refractivity contribution in [2.75, 3.05) is 5.34 Å². The Balaban J connectivity index is 0. The first-order valence-corrected chi connectivity index (χ1v) is 1.60. The van der Waals surface area contributed by atoms with E-state index >= 15 is 0 Å². The first-order chi connectivity index (χ1) is 1.41. The van der Waals surface area contributed by atoms with Gasteiger partial charge in [0.2, 0.25) is 0 Å². The number of hydrogen-bond donors (Lipinski definition) is 0. The maximum Gasteiger partial charge on any atom is 0.316 e. The summed E-state index contributed by atoms with van der Waals surface area (Å²) in [5.41, 5.74) is 0. The summed E-state index contributed by atoms with van der Waals surface area (Å²) in [6.07, 6.45) is 0. The van der Waals surface area contributed by atoms with E-state index in [-0.39, 0.29) is 28.4 Å². The molecule has 4 heavy (non-hydrogen) atoms. The van der Waals surface area contributed by atoms with Crippen LogP contribution in [0.1, 0.15) is 0 Å². The fraction of sp³-hybridized carbons (Fsp3) is 1.00. The molecule has 0 bridgehead atoms. The van der Waals surface area contributed by atoms with Crippen LogP contribution < -0.4 is 0 Å². The van der Waals surface area contributed by atoms with Crippen LogP contribution in [0.5, 0.6) is 0 Å². The first kappa shape index (κ1) is 9.02. The molecule has 0 fully saturated rings. The highest BCUT2D eigenvalue weighted by atomic mass is 35.5. The summed E-state index contributed by atoms with van der Waals surface area (Å²) in [5, 5.41) is 0.194. The molecule has 0 radical (unpaired) electrons. The van der Waals surface area contributed by atoms with Crippen molar-refractivity contribution in [3.63, 3.8) is 0 Å². The number of alkyl halides is 2. The molecule has 0 saturated carbocycles. The maximum absolute atomic E-state index is 4.76. The minimum absolute atomic E-state index is 0. The molecule has 0 aromatic carbocycles. The summed E-state index contributed by atoms with van der Waals surface area (Å²) in [5.74, 6) is 0. The van der Waals surface area contributed by atoms with E-state index in [1.807, 2.05) is 0 Å². The summed E-state index contributed by atoms with van der Waals surface area (Å²) in [7, 11) is 0. The standard InChI is InChI=1S/CH2Cl2.Mg.2H/c2-1-3;;;/h1H2;;;. The smallest absolute Gasteiger partial charge is 0.109 e. The van der Waals surface area contributed by atoms with Gasteiger partial charge in [0.15, 0.2) is 0 Å². The Morgan fingerprint density at radius 1 is 1.25 bits per heavy atom. The monoisotopic (exact) mass is 110 g/mol. The lowest BCUT2D eigenvalue weighted by Crippen LogP contribution is -1.24. The molecular formula is CH4Cl2Mg. The zero-order valence-electron chi connectivity index (χ0n) is 1.46. The van der Waals surface area contributed by atoms with Crippen molar-refractivity contribution in [1.82, 2.24) is 0 Å². The van der Waals surface area contributed by atoms with Gasteiger partial charge < -0.3 is 0 Å². The normalized spacial score (nSPS) is 4.50. The molecule has 0 aliphatic rings. The van der Waals surface area contributed by atoms with E-state index in [2.05, 4.69) is 0 Å². The second-order valence-corrected chi connectivity index (χ2v) is 0.909. The van der Waals surface area contributed by atoms with Crippen LogP contribution in [0.4, 0.5) is 0 Å². The average Bonchev–Trinajstić information content (AvgIpc) is 0.918. The molecule has 0 heterocycles. The van der Waals surface area contributed by atoms with Gasteiger partial charge in [0, 0.05) is 0 Å². The largest absolute Gasteiger partial charge is 0.316 e. The van der Waals surface area contributed by atoms with Crippen LogP contribution in [-0.4, -0.2) is 28.4 Å². The van der Waals surface area contributed by atoms with Gasteiger partial charge >= 0.3 is 23.1 Å². The molecule has 0 aliphatic carbocycles. The Labute approximate surface area is 51.6 Å². The fourth-order valence-corrected chi connectivity index (χ4v) is 0. The molecule has 0 unspecified atom stereocenters. The van der Waals surface area contributed by atoms with Crippen LogP contribution in [-0.2, 0) is 0 Å². The van der Waals surface area contributed by atoms with Gasteiger partial charge in [0.1, 0.15) is 0 Å². The van der Waals surface area contributed by atoms with Gasteiger partial charge in [-0.25, -0.2) is 0 Å². The van der Waals surface area contributed by atoms with Crippen molar-refractivity contribution in [2.24, 2.45) is 0 Å². The van der Waals surface area contributed by atoms with Gasteiger partial charge in [-0.3, -0.25) is 0 Å². The maximum atomic E-state index is 4.76. The lowest BCUT2D eigenvalue weighted by molar-refractivity contribution is 2.20. The topological polar surface area (TPSA) is 0 Å². The molecule has 0 saturated heterocycles. The van der Waals surface area contributed by atoms with Crippen molar-refractivity contribution in [3.8, 4) is 0 Å². The summed E-state index contributed by atoms with van der Waals surface area (Å²) < 4.78 is 0. The van der Waals surface area contributed by atoms with E-state index in [0.29, 0.717) is 0 Å². The Hall–Kier alpha value is 1.35. The number of hydrogen-bond acceptors (Lipinski definition) is 0. The predicted octanol–water partition coefficient (Wildman–Crippen LogP) is 0.505. The number of rotatable bonds is 0. The van der Waals surface area contributed by atoms with E-state index in [9.17, 15) is 0 Å². The van der Waals surface area contributed by atoms with Crippen LogP contribution in [0, 0.1) is 0 Å². The molecule has 0 aliphatic heterocycles. The van der Waals surface area contributed by atoms with Gasteiger partial charge in [-0.05, 0) is 0 Å². The van der Waals surface area contributed by atoms with Crippen LogP contribution >= 0.6 is 23.2 Å². The molecule has 0 atom stereocenters. The second kappa shape index (κ2) is 8.84. The summed E-state index contributed by atoms with van der Waals surface area (Å²) in [6.45, 7) is 0. The average molecular weight is 111 g/mol. The van der Waals surface area contributed by atoms with Crippen molar-refractivity contribution >= 4 is 46.3 Å². The minimum atomic E-state index is 0. The molecule has 0 aromatic heterocycles. The quantitative estimate of drug-likeness (QED) is 0.315. The Kier molecular flexibility index (Phi) is 19.9. The van der Waals surface area contributed by atoms with Crippen LogP contribution in [0.2, 0.25) is 0 Å². The summed E-state index contributed by atoms with van der Waals surface area (Å²) >= 11 is 9.53. The highest BCUT2D eigenvalue weighted by Gasteiger charge is 1.41. The van der Waals surface area contributed by atoms with Crippen molar-refractivity contribution in [1.29, 1.82) is 0 Å². The van der Waals surface area contributed by atoms with Crippen LogP contribution in [0.25, 0.3) is 0 Å². The highest BCUT2D eigenvalue weighted by Crippen LogP contribution is 1.73. The summed E-state index contributed by atoms with van der Waals surface area (Å²) in [4.78, 5) is 0. The van der Waals surface area contributed by atoms with E-state index in [1.54, 1.807) is 0 Å². The van der Waals surface area contributed by atoms with E-state index in [1.165, 1.54) is 0 Å². The van der Waals surface area contributed by atoms with Gasteiger partial charge in [-0.1, -0.05) is 0 Å². The highest BCUT2D eigenvalue weighted by molar-refractivity contribution is 6.40. The second-order valence-electron chi connectivity index (χ2n) is 0.101. The summed E-state index contributed by atoms with van der Waals surface area (Å²) in [6, 6.07) is 0. The molecule has 0 amide bonds. The van der Waals surface area contributed by atoms with Gasteiger partial charge in [0.25, 0.3) is 0 Å². The van der Waals surface area contributed by atoms with Crippen LogP contribution in [0.3, 0.4) is 0 Å². The SMILES string of the molecule is ClCCl.[MgH2]. The van der Waals surface area contributed by atoms with E-state index < -0.39 is 0 Å². The van der Waals surface area contributed by atoms with Gasteiger partial charge in [-0.2, -0.15) is 0 Å². The Morgan fingerprint density at radius 2 is 1.25 bits per heavy atom. The molecule has 0 N–H and O–H groups in total. The van der Waals surface area contributed by atoms with Crippen molar-refractivity contribution in [3.05, 3.63) is 0 Å². The molecule has 24 valence electrons. The predicted molar refractivity (Wildman–Crippen MR) is 25.1 cm³/mol.